The standard InChI is InChI=1S/C18H26N4O2/c19-18(24)17(15-6-2-1-3-7-15)22-12-10-20(11-13-22)14-16(23)21-8-4-5-9-21/h1-3,6-7,17H,4-5,8-14H2,(H2,19,24)/t17-/m1/s1. The van der Waals surface area contributed by atoms with Crippen LogP contribution < -0.4 is 5.73 Å². The molecule has 130 valence electrons. The summed E-state index contributed by atoms with van der Waals surface area (Å²) in [6.07, 6.45) is 2.24. The van der Waals surface area contributed by atoms with Crippen molar-refractivity contribution in [3.8, 4) is 0 Å². The van der Waals surface area contributed by atoms with Crippen molar-refractivity contribution in [2.45, 2.75) is 18.9 Å². The normalized spacial score (nSPS) is 20.9. The molecule has 1 aromatic carbocycles. The Labute approximate surface area is 143 Å². The van der Waals surface area contributed by atoms with Gasteiger partial charge in [-0.25, -0.2) is 0 Å². The predicted molar refractivity (Wildman–Crippen MR) is 92.2 cm³/mol. The van der Waals surface area contributed by atoms with E-state index in [1.54, 1.807) is 0 Å². The Morgan fingerprint density at radius 2 is 1.58 bits per heavy atom. The van der Waals surface area contributed by atoms with Gasteiger partial charge in [-0.3, -0.25) is 19.4 Å². The first-order valence-corrected chi connectivity index (χ1v) is 8.73. The molecule has 1 aromatic rings. The minimum absolute atomic E-state index is 0.232. The highest BCUT2D eigenvalue weighted by Gasteiger charge is 2.30. The second kappa shape index (κ2) is 7.77. The van der Waals surface area contributed by atoms with Gasteiger partial charge in [0.15, 0.2) is 0 Å². The van der Waals surface area contributed by atoms with Crippen LogP contribution >= 0.6 is 0 Å². The maximum absolute atomic E-state index is 12.3. The number of hydrogen-bond acceptors (Lipinski definition) is 4. The van der Waals surface area contributed by atoms with E-state index in [0.717, 1.165) is 57.7 Å². The fraction of sp³-hybridized carbons (Fsp3) is 0.556. The topological polar surface area (TPSA) is 69.9 Å². The Bertz CT molecular complexity index is 564. The monoisotopic (exact) mass is 330 g/mol. The lowest BCUT2D eigenvalue weighted by molar-refractivity contribution is -0.132. The van der Waals surface area contributed by atoms with Gasteiger partial charge in [0.1, 0.15) is 6.04 Å². The van der Waals surface area contributed by atoms with Crippen LogP contribution in [0.3, 0.4) is 0 Å². The van der Waals surface area contributed by atoms with Crippen LogP contribution in [0.2, 0.25) is 0 Å². The fourth-order valence-electron chi connectivity index (χ4n) is 3.63. The van der Waals surface area contributed by atoms with Crippen LogP contribution in [0.1, 0.15) is 24.4 Å². The van der Waals surface area contributed by atoms with Crippen molar-refractivity contribution in [3.63, 3.8) is 0 Å². The lowest BCUT2D eigenvalue weighted by Gasteiger charge is -2.38. The Hall–Kier alpha value is -1.92. The zero-order valence-corrected chi connectivity index (χ0v) is 14.1. The molecule has 0 bridgehead atoms. The summed E-state index contributed by atoms with van der Waals surface area (Å²) in [5.41, 5.74) is 6.58. The highest BCUT2D eigenvalue weighted by molar-refractivity contribution is 5.81. The van der Waals surface area contributed by atoms with Crippen LogP contribution in [0, 0.1) is 0 Å². The molecule has 24 heavy (non-hydrogen) atoms. The maximum Gasteiger partial charge on any atom is 0.239 e. The molecule has 1 atom stereocenters. The molecule has 0 aliphatic carbocycles. The Balaban J connectivity index is 1.55. The van der Waals surface area contributed by atoms with Crippen molar-refractivity contribution < 1.29 is 9.59 Å². The van der Waals surface area contributed by atoms with Gasteiger partial charge in [-0.1, -0.05) is 30.3 Å². The third-order valence-corrected chi connectivity index (χ3v) is 4.97. The summed E-state index contributed by atoms with van der Waals surface area (Å²) in [4.78, 5) is 30.5. The molecule has 3 rings (SSSR count). The summed E-state index contributed by atoms with van der Waals surface area (Å²) in [7, 11) is 0. The van der Waals surface area contributed by atoms with Crippen molar-refractivity contribution in [2.75, 3.05) is 45.8 Å². The molecular formula is C18H26N4O2. The number of benzene rings is 1. The largest absolute Gasteiger partial charge is 0.368 e. The van der Waals surface area contributed by atoms with Crippen LogP contribution in [-0.4, -0.2) is 72.3 Å². The molecule has 0 unspecified atom stereocenters. The quantitative estimate of drug-likeness (QED) is 0.851. The summed E-state index contributed by atoms with van der Waals surface area (Å²) in [6, 6.07) is 9.29. The average molecular weight is 330 g/mol. The van der Waals surface area contributed by atoms with Crippen molar-refractivity contribution in [3.05, 3.63) is 35.9 Å². The van der Waals surface area contributed by atoms with Gasteiger partial charge in [-0.05, 0) is 18.4 Å². The molecule has 6 nitrogen and oxygen atoms in total. The number of carbonyl (C=O) groups is 2. The second-order valence-electron chi connectivity index (χ2n) is 6.62. The maximum atomic E-state index is 12.3. The first-order valence-electron chi connectivity index (χ1n) is 8.73. The van der Waals surface area contributed by atoms with E-state index in [0.29, 0.717) is 6.54 Å². The highest BCUT2D eigenvalue weighted by atomic mass is 16.2. The lowest BCUT2D eigenvalue weighted by atomic mass is 10.0. The molecule has 6 heteroatoms. The van der Waals surface area contributed by atoms with Crippen LogP contribution in [0.15, 0.2) is 30.3 Å². The van der Waals surface area contributed by atoms with Gasteiger partial charge in [0, 0.05) is 39.3 Å². The molecule has 2 aliphatic heterocycles. The average Bonchev–Trinajstić information content (AvgIpc) is 3.12. The SMILES string of the molecule is NC(=O)[C@@H](c1ccccc1)N1CCN(CC(=O)N2CCCC2)CC1. The zero-order valence-electron chi connectivity index (χ0n) is 14.1. The molecule has 0 saturated carbocycles. The van der Waals surface area contributed by atoms with Crippen LogP contribution in [0.25, 0.3) is 0 Å². The van der Waals surface area contributed by atoms with E-state index in [1.165, 1.54) is 0 Å². The van der Waals surface area contributed by atoms with E-state index in [1.807, 2.05) is 35.2 Å². The summed E-state index contributed by atoms with van der Waals surface area (Å²) in [5, 5.41) is 0. The third-order valence-electron chi connectivity index (χ3n) is 4.97. The van der Waals surface area contributed by atoms with Gasteiger partial charge in [0.2, 0.25) is 11.8 Å². The number of hydrogen-bond donors (Lipinski definition) is 1. The van der Waals surface area contributed by atoms with Gasteiger partial charge in [-0.15, -0.1) is 0 Å². The number of likely N-dealkylation sites (tertiary alicyclic amines) is 1. The smallest absolute Gasteiger partial charge is 0.239 e. The molecule has 2 aliphatic rings. The second-order valence-corrected chi connectivity index (χ2v) is 6.62. The van der Waals surface area contributed by atoms with E-state index in [2.05, 4.69) is 9.80 Å². The van der Waals surface area contributed by atoms with Gasteiger partial charge < -0.3 is 10.6 Å². The van der Waals surface area contributed by atoms with Crippen LogP contribution in [0.4, 0.5) is 0 Å². The van der Waals surface area contributed by atoms with E-state index < -0.39 is 0 Å². The summed E-state index contributed by atoms with van der Waals surface area (Å²) < 4.78 is 0. The van der Waals surface area contributed by atoms with Crippen molar-refractivity contribution in [1.82, 2.24) is 14.7 Å². The molecule has 2 N–H and O–H groups in total. The third kappa shape index (κ3) is 3.94. The molecule has 2 saturated heterocycles. The number of amides is 2. The van der Waals surface area contributed by atoms with E-state index >= 15 is 0 Å². The van der Waals surface area contributed by atoms with Crippen LogP contribution in [0.5, 0.6) is 0 Å². The number of primary amides is 1. The number of nitrogens with two attached hydrogens (primary N) is 1. The number of rotatable bonds is 5. The number of piperazine rings is 1. The molecule has 2 heterocycles. The minimum Gasteiger partial charge on any atom is -0.368 e. The van der Waals surface area contributed by atoms with Gasteiger partial charge in [-0.2, -0.15) is 0 Å². The summed E-state index contributed by atoms with van der Waals surface area (Å²) in [5.74, 6) is -0.0850. The molecule has 0 radical (unpaired) electrons. The molecule has 2 fully saturated rings. The summed E-state index contributed by atoms with van der Waals surface area (Å²) >= 11 is 0. The Morgan fingerprint density at radius 1 is 0.958 bits per heavy atom. The van der Waals surface area contributed by atoms with Gasteiger partial charge >= 0.3 is 0 Å². The molecular weight excluding hydrogens is 304 g/mol. The van der Waals surface area contributed by atoms with Crippen molar-refractivity contribution in [1.29, 1.82) is 0 Å². The first kappa shape index (κ1) is 16.9. The number of carbonyl (C=O) groups excluding carboxylic acids is 2. The number of nitrogens with zero attached hydrogens (tertiary/aromatic N) is 3. The van der Waals surface area contributed by atoms with E-state index in [4.69, 9.17) is 5.73 Å². The zero-order chi connectivity index (χ0) is 16.9. The molecule has 0 aromatic heterocycles. The van der Waals surface area contributed by atoms with Crippen molar-refractivity contribution >= 4 is 11.8 Å². The highest BCUT2D eigenvalue weighted by Crippen LogP contribution is 2.22. The van der Waals surface area contributed by atoms with Crippen LogP contribution in [-0.2, 0) is 9.59 Å². The van der Waals surface area contributed by atoms with E-state index in [-0.39, 0.29) is 17.9 Å². The Morgan fingerprint density at radius 3 is 2.17 bits per heavy atom. The van der Waals surface area contributed by atoms with Gasteiger partial charge in [0.25, 0.3) is 0 Å². The molecule has 0 spiro atoms. The van der Waals surface area contributed by atoms with Crippen molar-refractivity contribution in [2.24, 2.45) is 5.73 Å². The van der Waals surface area contributed by atoms with Gasteiger partial charge in [0.05, 0.1) is 6.54 Å². The van der Waals surface area contributed by atoms with E-state index in [9.17, 15) is 9.59 Å². The Kier molecular flexibility index (Phi) is 5.48. The summed E-state index contributed by atoms with van der Waals surface area (Å²) in [6.45, 7) is 5.35. The molecule has 2 amide bonds. The fourth-order valence-corrected chi connectivity index (χ4v) is 3.63. The minimum atomic E-state index is -0.386. The first-order chi connectivity index (χ1) is 11.6. The predicted octanol–water partition coefficient (Wildman–Crippen LogP) is 0.453. The lowest BCUT2D eigenvalue weighted by Crippen LogP contribution is -2.52.